The van der Waals surface area contributed by atoms with Gasteiger partial charge in [-0.3, -0.25) is 14.9 Å². The van der Waals surface area contributed by atoms with E-state index in [4.69, 9.17) is 0 Å². The van der Waals surface area contributed by atoms with Gasteiger partial charge < -0.3 is 0 Å². The highest BCUT2D eigenvalue weighted by Gasteiger charge is 2.25. The van der Waals surface area contributed by atoms with Crippen molar-refractivity contribution in [1.29, 1.82) is 0 Å². The normalized spacial score (nSPS) is 13.6. The van der Waals surface area contributed by atoms with Gasteiger partial charge in [-0.25, -0.2) is 4.68 Å². The van der Waals surface area contributed by atoms with E-state index in [9.17, 15) is 9.59 Å². The van der Waals surface area contributed by atoms with E-state index in [-0.39, 0.29) is 11.8 Å². The summed E-state index contributed by atoms with van der Waals surface area (Å²) in [6.45, 7) is 0. The van der Waals surface area contributed by atoms with Crippen molar-refractivity contribution in [3.63, 3.8) is 0 Å². The van der Waals surface area contributed by atoms with Gasteiger partial charge in [0.15, 0.2) is 0 Å². The van der Waals surface area contributed by atoms with E-state index in [1.165, 1.54) is 0 Å². The van der Waals surface area contributed by atoms with Gasteiger partial charge in [-0.15, -0.1) is 0 Å². The molecule has 1 aromatic heterocycles. The second kappa shape index (κ2) is 3.77. The Morgan fingerprint density at radius 3 is 2.50 bits per heavy atom. The highest BCUT2D eigenvalue weighted by molar-refractivity contribution is 6.26. The van der Waals surface area contributed by atoms with Crippen molar-refractivity contribution < 1.29 is 9.59 Å². The molecule has 4 rings (SSSR count). The lowest BCUT2D eigenvalue weighted by Gasteiger charge is -2.18. The maximum Gasteiger partial charge on any atom is 0.258 e. The molecule has 0 saturated heterocycles. The van der Waals surface area contributed by atoms with Crippen LogP contribution < -0.4 is 5.32 Å². The lowest BCUT2D eigenvalue weighted by Crippen LogP contribution is -2.34. The second-order valence-corrected chi connectivity index (χ2v) is 4.59. The molecule has 0 aliphatic carbocycles. The Labute approximate surface area is 113 Å². The molecule has 0 saturated carbocycles. The first-order valence-electron chi connectivity index (χ1n) is 6.17. The van der Waals surface area contributed by atoms with Gasteiger partial charge in [-0.1, -0.05) is 12.1 Å². The third kappa shape index (κ3) is 1.34. The van der Waals surface area contributed by atoms with Gasteiger partial charge >= 0.3 is 0 Å². The highest BCUT2D eigenvalue weighted by atomic mass is 16.2. The third-order valence-electron chi connectivity index (χ3n) is 3.49. The number of imide groups is 1. The van der Waals surface area contributed by atoms with E-state index in [1.54, 1.807) is 23.0 Å². The molecule has 2 amide bonds. The number of amides is 2. The topological polar surface area (TPSA) is 64.0 Å². The van der Waals surface area contributed by atoms with Gasteiger partial charge in [0.25, 0.3) is 11.8 Å². The molecule has 1 aliphatic rings. The molecule has 0 spiro atoms. The lowest BCUT2D eigenvalue weighted by atomic mass is 9.94. The predicted molar refractivity (Wildman–Crippen MR) is 72.9 cm³/mol. The monoisotopic (exact) mass is 263 g/mol. The number of nitrogens with one attached hydrogen (secondary N) is 1. The Morgan fingerprint density at radius 2 is 1.75 bits per heavy atom. The van der Waals surface area contributed by atoms with Crippen LogP contribution >= 0.6 is 0 Å². The molecule has 0 bridgehead atoms. The number of hydrogen-bond donors (Lipinski definition) is 1. The Kier molecular flexibility index (Phi) is 2.06. The van der Waals surface area contributed by atoms with E-state index in [2.05, 4.69) is 10.4 Å². The Bertz CT molecular complexity index is 846. The first kappa shape index (κ1) is 10.9. The van der Waals surface area contributed by atoms with Crippen LogP contribution in [0.5, 0.6) is 0 Å². The molecule has 96 valence electrons. The van der Waals surface area contributed by atoms with Gasteiger partial charge in [0.2, 0.25) is 0 Å². The summed E-state index contributed by atoms with van der Waals surface area (Å²) >= 11 is 0. The molecule has 1 N–H and O–H groups in total. The Balaban J connectivity index is 2.16. The minimum Gasteiger partial charge on any atom is -0.288 e. The summed E-state index contributed by atoms with van der Waals surface area (Å²) < 4.78 is 1.72. The molecule has 2 aromatic carbocycles. The molecule has 1 aliphatic heterocycles. The summed E-state index contributed by atoms with van der Waals surface area (Å²) in [6.07, 6.45) is 3.52. The van der Waals surface area contributed by atoms with Crippen molar-refractivity contribution in [2.75, 3.05) is 0 Å². The molecular weight excluding hydrogens is 254 g/mol. The second-order valence-electron chi connectivity index (χ2n) is 4.59. The smallest absolute Gasteiger partial charge is 0.258 e. The van der Waals surface area contributed by atoms with E-state index in [0.29, 0.717) is 16.5 Å². The molecular formula is C15H9N3O2. The first-order valence-corrected chi connectivity index (χ1v) is 6.17. The van der Waals surface area contributed by atoms with Crippen LogP contribution in [0.4, 0.5) is 0 Å². The molecule has 0 fully saturated rings. The number of rotatable bonds is 1. The zero-order valence-electron chi connectivity index (χ0n) is 10.3. The van der Waals surface area contributed by atoms with E-state index >= 15 is 0 Å². The maximum absolute atomic E-state index is 11.9. The summed E-state index contributed by atoms with van der Waals surface area (Å²) in [5, 5.41) is 8.09. The maximum atomic E-state index is 11.9. The third-order valence-corrected chi connectivity index (χ3v) is 3.49. The fourth-order valence-corrected chi connectivity index (χ4v) is 2.62. The predicted octanol–water partition coefficient (Wildman–Crippen LogP) is 1.91. The molecule has 2 heterocycles. The highest BCUT2D eigenvalue weighted by Crippen LogP contribution is 2.30. The van der Waals surface area contributed by atoms with E-state index < -0.39 is 0 Å². The fraction of sp³-hybridized carbons (Fsp3) is 0. The van der Waals surface area contributed by atoms with E-state index in [1.807, 2.05) is 30.5 Å². The van der Waals surface area contributed by atoms with Gasteiger partial charge in [-0.05, 0) is 24.3 Å². The lowest BCUT2D eigenvalue weighted by molar-refractivity contribution is 0.0845. The van der Waals surface area contributed by atoms with Gasteiger partial charge in [-0.2, -0.15) is 5.10 Å². The minimum atomic E-state index is -0.356. The molecule has 5 heteroatoms. The van der Waals surface area contributed by atoms with Crippen LogP contribution in [0.1, 0.15) is 20.7 Å². The van der Waals surface area contributed by atoms with Crippen molar-refractivity contribution in [2.24, 2.45) is 0 Å². The number of carbonyl (C=O) groups excluding carboxylic acids is 2. The fourth-order valence-electron chi connectivity index (χ4n) is 2.62. The van der Waals surface area contributed by atoms with Gasteiger partial charge in [0.05, 0.1) is 5.69 Å². The molecule has 3 aromatic rings. The van der Waals surface area contributed by atoms with Gasteiger partial charge in [0, 0.05) is 34.3 Å². The average molecular weight is 263 g/mol. The van der Waals surface area contributed by atoms with Crippen LogP contribution in [0.15, 0.2) is 48.8 Å². The quantitative estimate of drug-likeness (QED) is 0.682. The largest absolute Gasteiger partial charge is 0.288 e. The number of hydrogen-bond acceptors (Lipinski definition) is 3. The Morgan fingerprint density at radius 1 is 0.950 bits per heavy atom. The van der Waals surface area contributed by atoms with Crippen LogP contribution in [0.25, 0.3) is 16.5 Å². The number of nitrogens with zero attached hydrogens (tertiary/aromatic N) is 2. The SMILES string of the molecule is O=C1NC(=O)c2ccc(-n3cccn3)c3cccc1c23. The van der Waals surface area contributed by atoms with Gasteiger partial charge in [0.1, 0.15) is 0 Å². The van der Waals surface area contributed by atoms with Crippen LogP contribution in [-0.4, -0.2) is 21.6 Å². The van der Waals surface area contributed by atoms with Crippen LogP contribution in [0, 0.1) is 0 Å². The van der Waals surface area contributed by atoms with Crippen molar-refractivity contribution in [1.82, 2.24) is 15.1 Å². The molecule has 5 nitrogen and oxygen atoms in total. The first-order chi connectivity index (χ1) is 9.75. The number of aromatic nitrogens is 2. The molecule has 20 heavy (non-hydrogen) atoms. The van der Waals surface area contributed by atoms with Crippen LogP contribution in [0.2, 0.25) is 0 Å². The van der Waals surface area contributed by atoms with Crippen LogP contribution in [0.3, 0.4) is 0 Å². The summed E-state index contributed by atoms with van der Waals surface area (Å²) in [7, 11) is 0. The Hall–Kier alpha value is -2.95. The molecule has 0 atom stereocenters. The van der Waals surface area contributed by atoms with Crippen molar-refractivity contribution in [2.45, 2.75) is 0 Å². The van der Waals surface area contributed by atoms with Crippen LogP contribution in [-0.2, 0) is 0 Å². The average Bonchev–Trinajstić information content (AvgIpc) is 2.98. The minimum absolute atomic E-state index is 0.356. The zero-order chi connectivity index (χ0) is 13.7. The molecule has 0 unspecified atom stereocenters. The van der Waals surface area contributed by atoms with Crippen molar-refractivity contribution >= 4 is 22.6 Å². The number of benzene rings is 2. The van der Waals surface area contributed by atoms with Crippen molar-refractivity contribution in [3.8, 4) is 5.69 Å². The summed E-state index contributed by atoms with van der Waals surface area (Å²) in [5.41, 5.74) is 1.88. The van der Waals surface area contributed by atoms with E-state index in [0.717, 1.165) is 11.1 Å². The summed E-state index contributed by atoms with van der Waals surface area (Å²) in [4.78, 5) is 23.9. The number of carbonyl (C=O) groups is 2. The summed E-state index contributed by atoms with van der Waals surface area (Å²) in [5.74, 6) is -0.712. The standard InChI is InChI=1S/C15H9N3O2/c19-14-10-4-1-3-9-12(18-8-2-7-16-18)6-5-11(13(9)10)15(20)17-14/h1-8H,(H,17,19,20). The summed E-state index contributed by atoms with van der Waals surface area (Å²) in [6, 6.07) is 10.8. The zero-order valence-corrected chi connectivity index (χ0v) is 10.3. The van der Waals surface area contributed by atoms with Crippen molar-refractivity contribution in [3.05, 3.63) is 59.9 Å². The molecule has 0 radical (unpaired) electrons.